The second kappa shape index (κ2) is 6.70. The summed E-state index contributed by atoms with van der Waals surface area (Å²) >= 11 is 1.92. The zero-order valence-electron chi connectivity index (χ0n) is 7.34. The van der Waals surface area contributed by atoms with E-state index < -0.39 is 0 Å². The van der Waals surface area contributed by atoms with Gasteiger partial charge in [-0.15, -0.1) is 6.58 Å². The molecule has 0 aliphatic heterocycles. The third kappa shape index (κ3) is 5.30. The summed E-state index contributed by atoms with van der Waals surface area (Å²) in [7, 11) is 0. The van der Waals surface area contributed by atoms with E-state index in [9.17, 15) is 0 Å². The number of nitrogens with two attached hydrogens (primary N) is 1. The van der Waals surface area contributed by atoms with Crippen molar-refractivity contribution >= 4 is 11.8 Å². The molecular formula is C8H18N2S. The average Bonchev–Trinajstić information content (AvgIpc) is 2.06. The Morgan fingerprint density at radius 3 is 2.73 bits per heavy atom. The highest BCUT2D eigenvalue weighted by Gasteiger charge is 2.03. The summed E-state index contributed by atoms with van der Waals surface area (Å²) in [6.45, 7) is 8.09. The molecule has 0 fully saturated rings. The van der Waals surface area contributed by atoms with Gasteiger partial charge in [-0.05, 0) is 6.42 Å². The third-order valence-electron chi connectivity index (χ3n) is 1.63. The molecule has 0 radical (unpaired) electrons. The van der Waals surface area contributed by atoms with E-state index in [0.717, 1.165) is 5.75 Å². The standard InChI is InChI=1S/C8H18N2S/c1-4-7(3)11-6-8(5-2)10-9/h5,7-8,10H,2,4,6,9H2,1,3H3. The van der Waals surface area contributed by atoms with Crippen LogP contribution in [0.1, 0.15) is 20.3 Å². The van der Waals surface area contributed by atoms with E-state index in [2.05, 4.69) is 25.9 Å². The van der Waals surface area contributed by atoms with Gasteiger partial charge in [-0.2, -0.15) is 11.8 Å². The molecule has 0 amide bonds. The van der Waals surface area contributed by atoms with Crippen molar-refractivity contribution in [1.82, 2.24) is 5.43 Å². The lowest BCUT2D eigenvalue weighted by atomic mass is 10.4. The molecule has 66 valence electrons. The van der Waals surface area contributed by atoms with Gasteiger partial charge in [0.1, 0.15) is 0 Å². The van der Waals surface area contributed by atoms with Gasteiger partial charge in [-0.25, -0.2) is 0 Å². The van der Waals surface area contributed by atoms with Gasteiger partial charge >= 0.3 is 0 Å². The lowest BCUT2D eigenvalue weighted by Gasteiger charge is -2.13. The Morgan fingerprint density at radius 1 is 1.73 bits per heavy atom. The Hall–Kier alpha value is 0.01000. The maximum Gasteiger partial charge on any atom is 0.0478 e. The van der Waals surface area contributed by atoms with Gasteiger partial charge in [0.25, 0.3) is 0 Å². The van der Waals surface area contributed by atoms with Crippen molar-refractivity contribution in [2.75, 3.05) is 5.75 Å². The molecule has 0 saturated carbocycles. The van der Waals surface area contributed by atoms with E-state index in [1.807, 2.05) is 17.8 Å². The molecule has 0 aromatic carbocycles. The highest BCUT2D eigenvalue weighted by molar-refractivity contribution is 7.99. The number of thioether (sulfide) groups is 1. The fourth-order valence-electron chi connectivity index (χ4n) is 0.570. The predicted octanol–water partition coefficient (Wildman–Crippen LogP) is 1.54. The Bertz CT molecular complexity index is 106. The van der Waals surface area contributed by atoms with Crippen molar-refractivity contribution < 1.29 is 0 Å². The van der Waals surface area contributed by atoms with E-state index in [1.54, 1.807) is 0 Å². The number of hydrogen-bond acceptors (Lipinski definition) is 3. The second-order valence-corrected chi connectivity index (χ2v) is 4.03. The first kappa shape index (κ1) is 11.0. The second-order valence-electron chi connectivity index (χ2n) is 2.56. The molecule has 0 rings (SSSR count). The summed E-state index contributed by atoms with van der Waals surface area (Å²) in [6, 6.07) is 0.244. The first-order valence-electron chi connectivity index (χ1n) is 3.94. The first-order valence-corrected chi connectivity index (χ1v) is 4.99. The van der Waals surface area contributed by atoms with E-state index in [4.69, 9.17) is 5.84 Å². The van der Waals surface area contributed by atoms with Crippen molar-refractivity contribution in [2.24, 2.45) is 5.84 Å². The maximum absolute atomic E-state index is 5.28. The van der Waals surface area contributed by atoms with Gasteiger partial charge < -0.3 is 0 Å². The van der Waals surface area contributed by atoms with E-state index >= 15 is 0 Å². The van der Waals surface area contributed by atoms with Crippen LogP contribution in [0.3, 0.4) is 0 Å². The molecule has 0 spiro atoms. The Balaban J connectivity index is 3.41. The number of nitrogens with one attached hydrogen (secondary N) is 1. The van der Waals surface area contributed by atoms with Crippen molar-refractivity contribution in [3.05, 3.63) is 12.7 Å². The van der Waals surface area contributed by atoms with Gasteiger partial charge in [0.05, 0.1) is 0 Å². The maximum atomic E-state index is 5.28. The van der Waals surface area contributed by atoms with E-state index in [1.165, 1.54) is 6.42 Å². The lowest BCUT2D eigenvalue weighted by Crippen LogP contribution is -2.35. The molecule has 0 aliphatic carbocycles. The van der Waals surface area contributed by atoms with Gasteiger partial charge in [-0.3, -0.25) is 11.3 Å². The molecular weight excluding hydrogens is 156 g/mol. The van der Waals surface area contributed by atoms with Crippen LogP contribution in [0.25, 0.3) is 0 Å². The van der Waals surface area contributed by atoms with Gasteiger partial charge in [0, 0.05) is 17.0 Å². The lowest BCUT2D eigenvalue weighted by molar-refractivity contribution is 0.676. The zero-order chi connectivity index (χ0) is 8.69. The highest BCUT2D eigenvalue weighted by Crippen LogP contribution is 2.14. The molecule has 0 heterocycles. The van der Waals surface area contributed by atoms with Crippen LogP contribution in [-0.2, 0) is 0 Å². The summed E-state index contributed by atoms with van der Waals surface area (Å²) in [5, 5.41) is 0.714. The Kier molecular flexibility index (Phi) is 6.71. The Labute approximate surface area is 73.6 Å². The van der Waals surface area contributed by atoms with Crippen molar-refractivity contribution in [1.29, 1.82) is 0 Å². The molecule has 0 bridgehead atoms. The summed E-state index contributed by atoms with van der Waals surface area (Å²) in [4.78, 5) is 0. The summed E-state index contributed by atoms with van der Waals surface area (Å²) in [6.07, 6.45) is 3.05. The molecule has 3 N–H and O–H groups in total. The zero-order valence-corrected chi connectivity index (χ0v) is 8.16. The molecule has 0 saturated heterocycles. The van der Waals surface area contributed by atoms with Crippen molar-refractivity contribution in [2.45, 2.75) is 31.6 Å². The topological polar surface area (TPSA) is 38.0 Å². The van der Waals surface area contributed by atoms with Crippen LogP contribution >= 0.6 is 11.8 Å². The van der Waals surface area contributed by atoms with Crippen LogP contribution in [0, 0.1) is 0 Å². The predicted molar refractivity (Wildman–Crippen MR) is 53.5 cm³/mol. The van der Waals surface area contributed by atoms with Crippen LogP contribution in [0.4, 0.5) is 0 Å². The third-order valence-corrected chi connectivity index (χ3v) is 3.09. The van der Waals surface area contributed by atoms with Gasteiger partial charge in [-0.1, -0.05) is 19.9 Å². The van der Waals surface area contributed by atoms with Crippen molar-refractivity contribution in [3.63, 3.8) is 0 Å². The molecule has 2 atom stereocenters. The number of hydrogen-bond donors (Lipinski definition) is 2. The van der Waals surface area contributed by atoms with Gasteiger partial charge in [0.15, 0.2) is 0 Å². The molecule has 11 heavy (non-hydrogen) atoms. The fourth-order valence-corrected chi connectivity index (χ4v) is 1.57. The quantitative estimate of drug-likeness (QED) is 0.364. The molecule has 2 nitrogen and oxygen atoms in total. The van der Waals surface area contributed by atoms with Crippen LogP contribution < -0.4 is 11.3 Å². The van der Waals surface area contributed by atoms with E-state index in [-0.39, 0.29) is 6.04 Å². The minimum Gasteiger partial charge on any atom is -0.271 e. The molecule has 3 heteroatoms. The molecule has 0 aromatic heterocycles. The number of hydrazine groups is 1. The largest absolute Gasteiger partial charge is 0.271 e. The van der Waals surface area contributed by atoms with Crippen LogP contribution in [0.2, 0.25) is 0 Å². The van der Waals surface area contributed by atoms with Crippen LogP contribution in [-0.4, -0.2) is 17.0 Å². The SMILES string of the molecule is C=CC(CSC(C)CC)NN. The monoisotopic (exact) mass is 174 g/mol. The van der Waals surface area contributed by atoms with Gasteiger partial charge in [0.2, 0.25) is 0 Å². The minimum absolute atomic E-state index is 0.244. The minimum atomic E-state index is 0.244. The average molecular weight is 174 g/mol. The van der Waals surface area contributed by atoms with E-state index in [0.29, 0.717) is 5.25 Å². The molecule has 0 aliphatic rings. The summed E-state index contributed by atoms with van der Waals surface area (Å²) in [5.41, 5.74) is 2.69. The first-order chi connectivity index (χ1) is 5.24. The van der Waals surface area contributed by atoms with Crippen LogP contribution in [0.15, 0.2) is 12.7 Å². The fraction of sp³-hybridized carbons (Fsp3) is 0.750. The summed E-state index contributed by atoms with van der Waals surface area (Å²) in [5.74, 6) is 6.29. The van der Waals surface area contributed by atoms with Crippen molar-refractivity contribution in [3.8, 4) is 0 Å². The number of rotatable bonds is 6. The smallest absolute Gasteiger partial charge is 0.0478 e. The highest BCUT2D eigenvalue weighted by atomic mass is 32.2. The Morgan fingerprint density at radius 2 is 2.36 bits per heavy atom. The molecule has 0 aromatic rings. The van der Waals surface area contributed by atoms with Crippen LogP contribution in [0.5, 0.6) is 0 Å². The normalized spacial score (nSPS) is 15.9. The molecule has 2 unspecified atom stereocenters. The summed E-state index contributed by atoms with van der Waals surface area (Å²) < 4.78 is 0.